The van der Waals surface area contributed by atoms with Gasteiger partial charge in [0, 0.05) is 19.4 Å². The van der Waals surface area contributed by atoms with Crippen molar-refractivity contribution < 1.29 is 24.0 Å². The highest BCUT2D eigenvalue weighted by molar-refractivity contribution is 6.01. The van der Waals surface area contributed by atoms with Crippen molar-refractivity contribution in [2.75, 3.05) is 6.61 Å². The molecule has 0 aliphatic carbocycles. The number of ether oxygens (including phenoxy) is 1. The average Bonchev–Trinajstić information content (AvgIpc) is 2.59. The lowest BCUT2D eigenvalue weighted by Gasteiger charge is -2.25. The Morgan fingerprint density at radius 3 is 2.30 bits per heavy atom. The van der Waals surface area contributed by atoms with Crippen LogP contribution in [0.4, 0.5) is 0 Å². The van der Waals surface area contributed by atoms with Gasteiger partial charge in [0.15, 0.2) is 0 Å². The molecule has 1 saturated heterocycles. The van der Waals surface area contributed by atoms with Gasteiger partial charge in [0.1, 0.15) is 0 Å². The molecular formula is C14H23NO5. The molecule has 0 aromatic rings. The smallest absolute Gasteiger partial charge is 0.336 e. The Bertz CT molecular complexity index is 373. The van der Waals surface area contributed by atoms with E-state index in [1.54, 1.807) is 13.8 Å². The zero-order valence-corrected chi connectivity index (χ0v) is 12.6. The second-order valence-corrected chi connectivity index (χ2v) is 6.01. The highest BCUT2D eigenvalue weighted by atomic mass is 16.7. The summed E-state index contributed by atoms with van der Waals surface area (Å²) >= 11 is 0. The Morgan fingerprint density at radius 2 is 1.80 bits per heavy atom. The topological polar surface area (TPSA) is 72.9 Å². The Morgan fingerprint density at radius 1 is 1.25 bits per heavy atom. The van der Waals surface area contributed by atoms with E-state index in [2.05, 4.69) is 13.8 Å². The summed E-state index contributed by atoms with van der Waals surface area (Å²) in [6, 6.07) is 0. The lowest BCUT2D eigenvalue weighted by Crippen LogP contribution is -2.36. The molecule has 0 aromatic carbocycles. The number of amides is 2. The van der Waals surface area contributed by atoms with Gasteiger partial charge >= 0.3 is 5.97 Å². The van der Waals surface area contributed by atoms with E-state index in [1.807, 2.05) is 0 Å². The van der Waals surface area contributed by atoms with Crippen molar-refractivity contribution in [2.24, 2.45) is 5.92 Å². The first-order chi connectivity index (χ1) is 9.21. The van der Waals surface area contributed by atoms with Crippen LogP contribution >= 0.6 is 0 Å². The molecule has 6 heteroatoms. The lowest BCUT2D eigenvalue weighted by atomic mass is 10.1. The molecular weight excluding hydrogens is 262 g/mol. The molecule has 0 aromatic heterocycles. The van der Waals surface area contributed by atoms with Gasteiger partial charge in [-0.3, -0.25) is 9.59 Å². The summed E-state index contributed by atoms with van der Waals surface area (Å²) in [7, 11) is 0. The lowest BCUT2D eigenvalue weighted by molar-refractivity contribution is -0.200. The van der Waals surface area contributed by atoms with Crippen molar-refractivity contribution >= 4 is 17.8 Å². The molecule has 1 aliphatic rings. The van der Waals surface area contributed by atoms with Crippen molar-refractivity contribution in [2.45, 2.75) is 59.0 Å². The summed E-state index contributed by atoms with van der Waals surface area (Å²) in [6.07, 6.45) is 1.09. The molecule has 114 valence electrons. The van der Waals surface area contributed by atoms with Crippen molar-refractivity contribution in [3.05, 3.63) is 0 Å². The maximum Gasteiger partial charge on any atom is 0.336 e. The summed E-state index contributed by atoms with van der Waals surface area (Å²) < 4.78 is 5.64. The van der Waals surface area contributed by atoms with Gasteiger partial charge in [-0.15, -0.1) is 5.06 Å². The number of nitrogens with zero attached hydrogens (tertiary/aromatic N) is 1. The molecule has 0 radical (unpaired) electrons. The Balaban J connectivity index is 2.40. The van der Waals surface area contributed by atoms with Gasteiger partial charge in [-0.25, -0.2) is 4.79 Å². The van der Waals surface area contributed by atoms with Crippen LogP contribution in [0.15, 0.2) is 0 Å². The minimum atomic E-state index is -0.683. The molecule has 0 bridgehead atoms. The van der Waals surface area contributed by atoms with Crippen LogP contribution in [0.3, 0.4) is 0 Å². The number of carbonyl (C=O) groups is 3. The number of rotatable bonds is 7. The molecule has 0 atom stereocenters. The molecule has 1 heterocycles. The van der Waals surface area contributed by atoms with E-state index in [4.69, 9.17) is 9.57 Å². The van der Waals surface area contributed by atoms with Gasteiger partial charge in [-0.2, -0.15) is 0 Å². The molecule has 6 nitrogen and oxygen atoms in total. The first-order valence-corrected chi connectivity index (χ1v) is 6.92. The summed E-state index contributed by atoms with van der Waals surface area (Å²) in [5.74, 6) is -1.05. The zero-order valence-electron chi connectivity index (χ0n) is 12.6. The predicted molar refractivity (Wildman–Crippen MR) is 71.3 cm³/mol. The summed E-state index contributed by atoms with van der Waals surface area (Å²) in [5.41, 5.74) is -0.683. The van der Waals surface area contributed by atoms with E-state index < -0.39 is 23.4 Å². The maximum absolute atomic E-state index is 11.8. The average molecular weight is 285 g/mol. The monoisotopic (exact) mass is 285 g/mol. The van der Waals surface area contributed by atoms with E-state index in [0.717, 1.165) is 6.42 Å². The molecule has 1 rings (SSSR count). The zero-order chi connectivity index (χ0) is 15.3. The van der Waals surface area contributed by atoms with Crippen LogP contribution in [0.25, 0.3) is 0 Å². The van der Waals surface area contributed by atoms with E-state index in [-0.39, 0.29) is 19.3 Å². The number of hydroxylamine groups is 2. The number of hydrogen-bond acceptors (Lipinski definition) is 5. The molecule has 1 fully saturated rings. The van der Waals surface area contributed by atoms with Crippen LogP contribution in [0.1, 0.15) is 53.4 Å². The van der Waals surface area contributed by atoms with Gasteiger partial charge in [-0.05, 0) is 26.2 Å². The fourth-order valence-electron chi connectivity index (χ4n) is 1.76. The Labute approximate surface area is 119 Å². The second-order valence-electron chi connectivity index (χ2n) is 6.01. The van der Waals surface area contributed by atoms with Gasteiger partial charge in [0.05, 0.1) is 12.0 Å². The molecule has 2 amide bonds. The SMILES string of the molecule is CC(C)CCOC(C)(C)CC(=O)ON1C(=O)CCC1=O. The third-order valence-electron chi connectivity index (χ3n) is 2.96. The highest BCUT2D eigenvalue weighted by Crippen LogP contribution is 2.19. The first kappa shape index (κ1) is 16.6. The largest absolute Gasteiger partial charge is 0.375 e. The van der Waals surface area contributed by atoms with Crippen molar-refractivity contribution in [3.63, 3.8) is 0 Å². The first-order valence-electron chi connectivity index (χ1n) is 6.92. The molecule has 0 spiro atoms. The number of imide groups is 1. The summed E-state index contributed by atoms with van der Waals surface area (Å²) in [5, 5.41) is 0.562. The van der Waals surface area contributed by atoms with Crippen LogP contribution in [0.2, 0.25) is 0 Å². The minimum Gasteiger partial charge on any atom is -0.375 e. The minimum absolute atomic E-state index is 0.0118. The summed E-state index contributed by atoms with van der Waals surface area (Å²) in [4.78, 5) is 39.2. The van der Waals surface area contributed by atoms with Gasteiger partial charge in [0.25, 0.3) is 11.8 Å². The van der Waals surface area contributed by atoms with Crippen LogP contribution in [-0.2, 0) is 24.0 Å². The van der Waals surface area contributed by atoms with Crippen molar-refractivity contribution in [1.29, 1.82) is 0 Å². The molecule has 0 unspecified atom stereocenters. The normalized spacial score (nSPS) is 16.1. The standard InChI is InChI=1S/C14H23NO5/c1-10(2)7-8-19-14(3,4)9-13(18)20-15-11(16)5-6-12(15)17/h10H,5-9H2,1-4H3. The van der Waals surface area contributed by atoms with E-state index in [0.29, 0.717) is 17.6 Å². The summed E-state index contributed by atoms with van der Waals surface area (Å²) in [6.45, 7) is 8.30. The Kier molecular flexibility index (Phi) is 5.68. The second kappa shape index (κ2) is 6.83. The van der Waals surface area contributed by atoms with E-state index in [1.165, 1.54) is 0 Å². The van der Waals surface area contributed by atoms with E-state index >= 15 is 0 Å². The third kappa shape index (κ3) is 5.28. The number of carbonyl (C=O) groups excluding carboxylic acids is 3. The molecule has 20 heavy (non-hydrogen) atoms. The van der Waals surface area contributed by atoms with Crippen molar-refractivity contribution in [3.8, 4) is 0 Å². The van der Waals surface area contributed by atoms with Crippen LogP contribution in [-0.4, -0.2) is 35.1 Å². The maximum atomic E-state index is 11.8. The van der Waals surface area contributed by atoms with Crippen LogP contribution in [0.5, 0.6) is 0 Å². The molecule has 0 N–H and O–H groups in total. The van der Waals surface area contributed by atoms with Crippen LogP contribution in [0, 0.1) is 5.92 Å². The van der Waals surface area contributed by atoms with Gasteiger partial charge < -0.3 is 9.57 Å². The van der Waals surface area contributed by atoms with Crippen LogP contribution < -0.4 is 0 Å². The highest BCUT2D eigenvalue weighted by Gasteiger charge is 2.34. The van der Waals surface area contributed by atoms with Gasteiger partial charge in [0.2, 0.25) is 0 Å². The fraction of sp³-hybridized carbons (Fsp3) is 0.786. The predicted octanol–water partition coefficient (Wildman–Crippen LogP) is 1.82. The molecule has 1 aliphatic heterocycles. The van der Waals surface area contributed by atoms with Crippen molar-refractivity contribution in [1.82, 2.24) is 5.06 Å². The molecule has 0 saturated carbocycles. The fourth-order valence-corrected chi connectivity index (χ4v) is 1.76. The quantitative estimate of drug-likeness (QED) is 0.667. The third-order valence-corrected chi connectivity index (χ3v) is 2.96. The number of hydrogen-bond donors (Lipinski definition) is 0. The van der Waals surface area contributed by atoms with E-state index in [9.17, 15) is 14.4 Å². The van der Waals surface area contributed by atoms with Gasteiger partial charge in [-0.1, -0.05) is 13.8 Å². The Hall–Kier alpha value is -1.43.